The van der Waals surface area contributed by atoms with Crippen LogP contribution < -0.4 is 10.1 Å². The molecule has 6 heteroatoms. The predicted molar refractivity (Wildman–Crippen MR) is 77.0 cm³/mol. The first-order valence-corrected chi connectivity index (χ1v) is 6.32. The van der Waals surface area contributed by atoms with E-state index in [2.05, 4.69) is 15.5 Å². The number of ether oxygens (including phenoxy) is 1. The summed E-state index contributed by atoms with van der Waals surface area (Å²) in [5.74, 6) is 0.336. The van der Waals surface area contributed by atoms with Gasteiger partial charge in [0.2, 0.25) is 0 Å². The molecule has 0 fully saturated rings. The zero-order valence-corrected chi connectivity index (χ0v) is 11.8. The SMILES string of the molecule is Cc1cc(C(=O)Nc2ccc(OCC#N)cc2)c(C)nn1. The summed E-state index contributed by atoms with van der Waals surface area (Å²) in [6.45, 7) is 3.51. The van der Waals surface area contributed by atoms with Crippen molar-refractivity contribution in [3.63, 3.8) is 0 Å². The molecule has 106 valence electrons. The van der Waals surface area contributed by atoms with Gasteiger partial charge in [-0.1, -0.05) is 0 Å². The van der Waals surface area contributed by atoms with Gasteiger partial charge in [-0.25, -0.2) is 0 Å². The maximum atomic E-state index is 12.2. The number of nitrogens with zero attached hydrogens (tertiary/aromatic N) is 3. The molecule has 1 aromatic carbocycles. The van der Waals surface area contributed by atoms with Crippen molar-refractivity contribution in [1.29, 1.82) is 5.26 Å². The van der Waals surface area contributed by atoms with Crippen molar-refractivity contribution in [2.24, 2.45) is 0 Å². The Hall–Kier alpha value is -2.94. The molecule has 6 nitrogen and oxygen atoms in total. The molecule has 0 unspecified atom stereocenters. The first-order chi connectivity index (χ1) is 10.1. The van der Waals surface area contributed by atoms with Crippen LogP contribution in [0.2, 0.25) is 0 Å². The summed E-state index contributed by atoms with van der Waals surface area (Å²) in [5, 5.41) is 19.0. The second kappa shape index (κ2) is 6.48. The fourth-order valence-corrected chi connectivity index (χ4v) is 1.73. The molecule has 1 aromatic heterocycles. The lowest BCUT2D eigenvalue weighted by Crippen LogP contribution is -2.15. The number of hydrogen-bond acceptors (Lipinski definition) is 5. The molecule has 0 aliphatic heterocycles. The monoisotopic (exact) mass is 282 g/mol. The lowest BCUT2D eigenvalue weighted by atomic mass is 10.2. The number of nitrogens with one attached hydrogen (secondary N) is 1. The van der Waals surface area contributed by atoms with E-state index in [0.29, 0.717) is 28.4 Å². The normalized spacial score (nSPS) is 9.76. The second-order valence-electron chi connectivity index (χ2n) is 4.41. The van der Waals surface area contributed by atoms with Crippen molar-refractivity contribution in [1.82, 2.24) is 10.2 Å². The number of benzene rings is 1. The Morgan fingerprint density at radius 1 is 1.29 bits per heavy atom. The maximum absolute atomic E-state index is 12.2. The van der Waals surface area contributed by atoms with E-state index in [1.165, 1.54) is 0 Å². The van der Waals surface area contributed by atoms with E-state index < -0.39 is 0 Å². The standard InChI is InChI=1S/C15H14N4O2/c1-10-9-14(11(2)19-18-10)15(20)17-12-3-5-13(6-4-12)21-8-7-16/h3-6,9H,8H2,1-2H3,(H,17,20). The molecule has 0 saturated carbocycles. The molecule has 21 heavy (non-hydrogen) atoms. The van der Waals surface area contributed by atoms with E-state index in [-0.39, 0.29) is 12.5 Å². The molecule has 0 saturated heterocycles. The maximum Gasteiger partial charge on any atom is 0.257 e. The molecular weight excluding hydrogens is 268 g/mol. The van der Waals surface area contributed by atoms with Crippen LogP contribution in [-0.2, 0) is 0 Å². The minimum atomic E-state index is -0.240. The molecule has 0 radical (unpaired) electrons. The van der Waals surface area contributed by atoms with Crippen LogP contribution in [0.5, 0.6) is 5.75 Å². The number of amides is 1. The van der Waals surface area contributed by atoms with Crippen molar-refractivity contribution in [2.75, 3.05) is 11.9 Å². The minimum absolute atomic E-state index is 0.00708. The molecule has 0 aliphatic rings. The summed E-state index contributed by atoms with van der Waals surface area (Å²) in [6, 6.07) is 10.4. The Bertz CT molecular complexity index is 690. The van der Waals surface area contributed by atoms with Gasteiger partial charge in [0.25, 0.3) is 5.91 Å². The minimum Gasteiger partial charge on any atom is -0.479 e. The first kappa shape index (κ1) is 14.5. The van der Waals surface area contributed by atoms with Crippen LogP contribution in [0.25, 0.3) is 0 Å². The summed E-state index contributed by atoms with van der Waals surface area (Å²) in [7, 11) is 0. The Morgan fingerprint density at radius 2 is 2.00 bits per heavy atom. The van der Waals surface area contributed by atoms with E-state index in [9.17, 15) is 4.79 Å². The van der Waals surface area contributed by atoms with E-state index in [1.54, 1.807) is 44.2 Å². The Labute approximate surface area is 122 Å². The van der Waals surface area contributed by atoms with Gasteiger partial charge in [-0.2, -0.15) is 15.5 Å². The third-order valence-corrected chi connectivity index (χ3v) is 2.76. The summed E-state index contributed by atoms with van der Waals surface area (Å²) >= 11 is 0. The molecular formula is C15H14N4O2. The number of aryl methyl sites for hydroxylation is 2. The number of nitriles is 1. The molecule has 2 rings (SSSR count). The van der Waals surface area contributed by atoms with Gasteiger partial charge in [0.1, 0.15) is 11.8 Å². The Balaban J connectivity index is 2.09. The predicted octanol–water partition coefficient (Wildman–Crippen LogP) is 2.25. The topological polar surface area (TPSA) is 87.9 Å². The van der Waals surface area contributed by atoms with Crippen LogP contribution >= 0.6 is 0 Å². The van der Waals surface area contributed by atoms with E-state index in [1.807, 2.05) is 6.07 Å². The molecule has 2 aromatic rings. The molecule has 0 aliphatic carbocycles. The fraction of sp³-hybridized carbons (Fsp3) is 0.200. The third-order valence-electron chi connectivity index (χ3n) is 2.76. The molecule has 0 bridgehead atoms. The highest BCUT2D eigenvalue weighted by molar-refractivity contribution is 6.05. The van der Waals surface area contributed by atoms with Crippen LogP contribution in [0.4, 0.5) is 5.69 Å². The smallest absolute Gasteiger partial charge is 0.257 e. The highest BCUT2D eigenvalue weighted by atomic mass is 16.5. The van der Waals surface area contributed by atoms with Gasteiger partial charge in [0.15, 0.2) is 6.61 Å². The van der Waals surface area contributed by atoms with Crippen LogP contribution in [0.15, 0.2) is 30.3 Å². The van der Waals surface area contributed by atoms with Crippen LogP contribution in [0.1, 0.15) is 21.7 Å². The van der Waals surface area contributed by atoms with Crippen LogP contribution in [0.3, 0.4) is 0 Å². The highest BCUT2D eigenvalue weighted by Crippen LogP contribution is 2.17. The lowest BCUT2D eigenvalue weighted by molar-refractivity contribution is 0.102. The average molecular weight is 282 g/mol. The number of hydrogen-bond donors (Lipinski definition) is 1. The van der Waals surface area contributed by atoms with Gasteiger partial charge in [-0.05, 0) is 44.2 Å². The number of rotatable bonds is 4. The number of aromatic nitrogens is 2. The van der Waals surface area contributed by atoms with Crippen molar-refractivity contribution in [3.8, 4) is 11.8 Å². The summed E-state index contributed by atoms with van der Waals surface area (Å²) in [4.78, 5) is 12.2. The van der Waals surface area contributed by atoms with Crippen LogP contribution in [-0.4, -0.2) is 22.7 Å². The van der Waals surface area contributed by atoms with E-state index in [4.69, 9.17) is 10.00 Å². The molecule has 1 N–H and O–H groups in total. The number of anilines is 1. The Morgan fingerprint density at radius 3 is 2.67 bits per heavy atom. The van der Waals surface area contributed by atoms with Crippen molar-refractivity contribution >= 4 is 11.6 Å². The van der Waals surface area contributed by atoms with E-state index >= 15 is 0 Å². The van der Waals surface area contributed by atoms with E-state index in [0.717, 1.165) is 0 Å². The second-order valence-corrected chi connectivity index (χ2v) is 4.41. The average Bonchev–Trinajstić information content (AvgIpc) is 2.49. The van der Waals surface area contributed by atoms with Gasteiger partial charge in [0.05, 0.1) is 17.0 Å². The molecule has 1 amide bonds. The highest BCUT2D eigenvalue weighted by Gasteiger charge is 2.11. The Kier molecular flexibility index (Phi) is 4.46. The molecule has 0 spiro atoms. The van der Waals surface area contributed by atoms with Gasteiger partial charge in [-0.15, -0.1) is 0 Å². The zero-order chi connectivity index (χ0) is 15.2. The van der Waals surface area contributed by atoms with Gasteiger partial charge in [0, 0.05) is 5.69 Å². The summed E-state index contributed by atoms with van der Waals surface area (Å²) in [6.07, 6.45) is 0. The largest absolute Gasteiger partial charge is 0.479 e. The molecule has 1 heterocycles. The number of carbonyl (C=O) groups is 1. The fourth-order valence-electron chi connectivity index (χ4n) is 1.73. The van der Waals surface area contributed by atoms with Gasteiger partial charge >= 0.3 is 0 Å². The summed E-state index contributed by atoms with van der Waals surface area (Å²) < 4.78 is 5.14. The summed E-state index contributed by atoms with van der Waals surface area (Å²) in [5.41, 5.74) is 2.39. The quantitative estimate of drug-likeness (QED) is 0.929. The number of carbonyl (C=O) groups excluding carboxylic acids is 1. The van der Waals surface area contributed by atoms with Crippen LogP contribution in [0, 0.1) is 25.2 Å². The van der Waals surface area contributed by atoms with Crippen molar-refractivity contribution in [3.05, 3.63) is 47.3 Å². The first-order valence-electron chi connectivity index (χ1n) is 6.32. The molecule has 0 atom stereocenters. The zero-order valence-electron chi connectivity index (χ0n) is 11.8. The van der Waals surface area contributed by atoms with Gasteiger partial charge < -0.3 is 10.1 Å². The lowest BCUT2D eigenvalue weighted by Gasteiger charge is -2.08. The van der Waals surface area contributed by atoms with Crippen molar-refractivity contribution < 1.29 is 9.53 Å². The third kappa shape index (κ3) is 3.76. The van der Waals surface area contributed by atoms with Gasteiger partial charge in [-0.3, -0.25) is 4.79 Å². The van der Waals surface area contributed by atoms with Crippen molar-refractivity contribution in [2.45, 2.75) is 13.8 Å².